The Morgan fingerprint density at radius 1 is 0.871 bits per heavy atom. The maximum Gasteiger partial charge on any atom is 0.255 e. The van der Waals surface area contributed by atoms with Crippen LogP contribution in [-0.4, -0.2) is 45.5 Å². The molecule has 1 saturated carbocycles. The molecule has 3 fully saturated rings. The van der Waals surface area contributed by atoms with E-state index in [1.165, 1.54) is 44.5 Å². The maximum atomic E-state index is 13.4. The Balaban J connectivity index is 1.18. The number of pyridine rings is 2. The summed E-state index contributed by atoms with van der Waals surface area (Å²) in [7, 11) is 0. The van der Waals surface area contributed by atoms with Gasteiger partial charge < -0.3 is 9.55 Å². The molecule has 1 aliphatic carbocycles. The summed E-state index contributed by atoms with van der Waals surface area (Å²) >= 11 is 0. The summed E-state index contributed by atoms with van der Waals surface area (Å²) in [5.41, 5.74) is 3.53. The SMILES string of the molecule is O=c1ccc(CN2C[C@@H]3C[C@H](C2)c2ccc(CN4C[C@H]5CCC[C@H]5C4)c(=O)n2C3)c[nH]1. The van der Waals surface area contributed by atoms with Gasteiger partial charge >= 0.3 is 0 Å². The molecular weight excluding hydrogens is 388 g/mol. The van der Waals surface area contributed by atoms with E-state index in [0.717, 1.165) is 55.7 Å². The van der Waals surface area contributed by atoms with Crippen LogP contribution in [0.4, 0.5) is 0 Å². The fourth-order valence-corrected chi connectivity index (χ4v) is 6.84. The van der Waals surface area contributed by atoms with Crippen molar-refractivity contribution in [2.24, 2.45) is 17.8 Å². The fourth-order valence-electron chi connectivity index (χ4n) is 6.84. The summed E-state index contributed by atoms with van der Waals surface area (Å²) in [4.78, 5) is 32.5. The first-order chi connectivity index (χ1) is 15.1. The number of fused-ring (bicyclic) bond motifs is 5. The van der Waals surface area contributed by atoms with Gasteiger partial charge in [-0.3, -0.25) is 19.4 Å². The molecule has 1 N–H and O–H groups in total. The lowest BCUT2D eigenvalue weighted by molar-refractivity contribution is 0.114. The van der Waals surface area contributed by atoms with Gasteiger partial charge in [0.15, 0.2) is 0 Å². The van der Waals surface area contributed by atoms with Crippen LogP contribution in [0.1, 0.15) is 48.4 Å². The van der Waals surface area contributed by atoms with Crippen molar-refractivity contribution in [3.8, 4) is 0 Å². The highest BCUT2D eigenvalue weighted by Gasteiger charge is 2.37. The van der Waals surface area contributed by atoms with Crippen LogP contribution >= 0.6 is 0 Å². The molecule has 5 heterocycles. The first-order valence-electron chi connectivity index (χ1n) is 12.0. The van der Waals surface area contributed by atoms with E-state index in [0.29, 0.717) is 11.8 Å². The molecule has 31 heavy (non-hydrogen) atoms. The lowest BCUT2D eigenvalue weighted by Gasteiger charge is -2.43. The summed E-state index contributed by atoms with van der Waals surface area (Å²) in [6.45, 7) is 6.85. The minimum absolute atomic E-state index is 0.0551. The number of aromatic amines is 1. The highest BCUT2D eigenvalue weighted by Crippen LogP contribution is 2.38. The molecule has 3 aliphatic heterocycles. The number of aromatic nitrogens is 2. The van der Waals surface area contributed by atoms with Crippen molar-refractivity contribution in [1.82, 2.24) is 19.4 Å². The van der Waals surface area contributed by atoms with Crippen LogP contribution in [0.2, 0.25) is 0 Å². The largest absolute Gasteiger partial charge is 0.329 e. The van der Waals surface area contributed by atoms with Crippen molar-refractivity contribution >= 4 is 0 Å². The van der Waals surface area contributed by atoms with Crippen LogP contribution in [0.5, 0.6) is 0 Å². The van der Waals surface area contributed by atoms with Gasteiger partial charge in [-0.2, -0.15) is 0 Å². The van der Waals surface area contributed by atoms with Crippen LogP contribution in [0, 0.1) is 17.8 Å². The molecule has 0 unspecified atom stereocenters. The molecule has 6 rings (SSSR count). The number of rotatable bonds is 4. The summed E-state index contributed by atoms with van der Waals surface area (Å²) in [5.74, 6) is 2.68. The van der Waals surface area contributed by atoms with Crippen molar-refractivity contribution in [2.75, 3.05) is 26.2 Å². The van der Waals surface area contributed by atoms with E-state index in [1.54, 1.807) is 6.07 Å². The van der Waals surface area contributed by atoms with Crippen LogP contribution in [0.25, 0.3) is 0 Å². The Bertz CT molecular complexity index is 1060. The predicted octanol–water partition coefficient (Wildman–Crippen LogP) is 2.39. The van der Waals surface area contributed by atoms with Crippen molar-refractivity contribution in [3.05, 3.63) is 68.0 Å². The van der Waals surface area contributed by atoms with Gasteiger partial charge in [0, 0.05) is 75.3 Å². The van der Waals surface area contributed by atoms with Gasteiger partial charge in [-0.25, -0.2) is 0 Å². The molecule has 0 amide bonds. The third kappa shape index (κ3) is 3.70. The molecule has 0 aromatic carbocycles. The number of nitrogens with zero attached hydrogens (tertiary/aromatic N) is 3. The van der Waals surface area contributed by atoms with Crippen LogP contribution in [0.3, 0.4) is 0 Å². The normalized spacial score (nSPS) is 30.3. The predicted molar refractivity (Wildman–Crippen MR) is 120 cm³/mol. The van der Waals surface area contributed by atoms with Gasteiger partial charge in [-0.15, -0.1) is 0 Å². The molecule has 0 spiro atoms. The molecular formula is C25H32N4O2. The quantitative estimate of drug-likeness (QED) is 0.825. The number of nitrogens with one attached hydrogen (secondary N) is 1. The number of piperidine rings is 1. The lowest BCUT2D eigenvalue weighted by Crippen LogP contribution is -2.47. The molecule has 6 nitrogen and oxygen atoms in total. The Morgan fingerprint density at radius 3 is 2.45 bits per heavy atom. The Morgan fingerprint density at radius 2 is 1.68 bits per heavy atom. The molecule has 164 valence electrons. The van der Waals surface area contributed by atoms with Crippen LogP contribution < -0.4 is 11.1 Å². The van der Waals surface area contributed by atoms with E-state index in [9.17, 15) is 9.59 Å². The molecule has 4 atom stereocenters. The minimum atomic E-state index is -0.0551. The smallest absolute Gasteiger partial charge is 0.255 e. The van der Waals surface area contributed by atoms with Crippen LogP contribution in [0.15, 0.2) is 40.1 Å². The zero-order chi connectivity index (χ0) is 20.9. The molecule has 2 bridgehead atoms. The van der Waals surface area contributed by atoms with E-state index in [4.69, 9.17) is 0 Å². The third-order valence-corrected chi connectivity index (χ3v) is 8.21. The Hall–Kier alpha value is -2.18. The maximum absolute atomic E-state index is 13.4. The van der Waals surface area contributed by atoms with Gasteiger partial charge in [0.2, 0.25) is 5.56 Å². The summed E-state index contributed by atoms with van der Waals surface area (Å²) < 4.78 is 2.10. The molecule has 4 aliphatic rings. The Labute approximate surface area is 182 Å². The third-order valence-electron chi connectivity index (χ3n) is 8.21. The minimum Gasteiger partial charge on any atom is -0.329 e. The number of likely N-dealkylation sites (tertiary alicyclic amines) is 2. The van der Waals surface area contributed by atoms with E-state index in [2.05, 4.69) is 31.5 Å². The molecule has 2 aromatic rings. The molecule has 0 radical (unpaired) electrons. The van der Waals surface area contributed by atoms with Crippen molar-refractivity contribution in [3.63, 3.8) is 0 Å². The van der Waals surface area contributed by atoms with Crippen molar-refractivity contribution < 1.29 is 0 Å². The summed E-state index contributed by atoms with van der Waals surface area (Å²) in [5, 5.41) is 0. The average Bonchev–Trinajstić information content (AvgIpc) is 3.34. The molecule has 6 heteroatoms. The van der Waals surface area contributed by atoms with E-state index in [1.807, 2.05) is 12.3 Å². The lowest BCUT2D eigenvalue weighted by atomic mass is 9.83. The number of H-pyrrole nitrogens is 1. The first-order valence-corrected chi connectivity index (χ1v) is 12.0. The average molecular weight is 421 g/mol. The van der Waals surface area contributed by atoms with Crippen molar-refractivity contribution in [2.45, 2.75) is 51.2 Å². The topological polar surface area (TPSA) is 61.3 Å². The fraction of sp³-hybridized carbons (Fsp3) is 0.600. The van der Waals surface area contributed by atoms with Gasteiger partial charge in [-0.1, -0.05) is 18.6 Å². The molecule has 2 saturated heterocycles. The summed E-state index contributed by atoms with van der Waals surface area (Å²) in [6.07, 6.45) is 7.15. The zero-order valence-electron chi connectivity index (χ0n) is 18.1. The first kappa shape index (κ1) is 19.5. The number of hydrogen-bond donors (Lipinski definition) is 1. The molecule has 2 aromatic heterocycles. The van der Waals surface area contributed by atoms with Crippen molar-refractivity contribution in [1.29, 1.82) is 0 Å². The number of hydrogen-bond acceptors (Lipinski definition) is 4. The highest BCUT2D eigenvalue weighted by molar-refractivity contribution is 5.23. The van der Waals surface area contributed by atoms with E-state index >= 15 is 0 Å². The van der Waals surface area contributed by atoms with Gasteiger partial charge in [0.05, 0.1) is 0 Å². The second-order valence-electron chi connectivity index (χ2n) is 10.4. The van der Waals surface area contributed by atoms with E-state index in [-0.39, 0.29) is 11.1 Å². The summed E-state index contributed by atoms with van der Waals surface area (Å²) in [6, 6.07) is 7.87. The second kappa shape index (κ2) is 7.75. The second-order valence-corrected chi connectivity index (χ2v) is 10.4. The Kier molecular flexibility index (Phi) is 4.87. The van der Waals surface area contributed by atoms with E-state index < -0.39 is 0 Å². The standard InChI is InChI=1S/C25H32N4O2/c30-24-7-4-17(9-26-24)10-27-11-18-8-22(16-27)23-6-5-21(25(31)29(23)12-18)15-28-13-19-2-1-3-20(19)14-28/h4-7,9,18-20,22H,1-3,8,10-16H2,(H,26,30)/t18-,19-,20+,22+/m0/s1. The van der Waals surface area contributed by atoms with Gasteiger partial charge in [0.1, 0.15) is 0 Å². The highest BCUT2D eigenvalue weighted by atomic mass is 16.1. The van der Waals surface area contributed by atoms with Crippen LogP contribution in [-0.2, 0) is 19.6 Å². The zero-order valence-corrected chi connectivity index (χ0v) is 18.1. The van der Waals surface area contributed by atoms with Gasteiger partial charge in [0.25, 0.3) is 5.56 Å². The van der Waals surface area contributed by atoms with Gasteiger partial charge in [-0.05, 0) is 48.6 Å². The monoisotopic (exact) mass is 420 g/mol.